The highest BCUT2D eigenvalue weighted by atomic mass is 16.1. The molecule has 1 aromatic carbocycles. The van der Waals surface area contributed by atoms with Crippen molar-refractivity contribution in [2.24, 2.45) is 0 Å². The molecule has 0 saturated carbocycles. The van der Waals surface area contributed by atoms with Gasteiger partial charge in [-0.3, -0.25) is 4.79 Å². The molecule has 0 bridgehead atoms. The molecule has 0 aliphatic heterocycles. The zero-order chi connectivity index (χ0) is 12.7. The number of carbonyl (C=O) groups is 1. The summed E-state index contributed by atoms with van der Waals surface area (Å²) in [6.07, 6.45) is 3.45. The Morgan fingerprint density at radius 3 is 2.29 bits per heavy atom. The molecule has 0 spiro atoms. The molecule has 0 saturated heterocycles. The summed E-state index contributed by atoms with van der Waals surface area (Å²) in [6, 6.07) is 8.80. The molecule has 1 aromatic rings. The maximum atomic E-state index is 11.6. The number of rotatable bonds is 6. The van der Waals surface area contributed by atoms with Crippen molar-refractivity contribution in [1.82, 2.24) is 5.32 Å². The van der Waals surface area contributed by atoms with E-state index in [9.17, 15) is 4.79 Å². The number of benzene rings is 1. The van der Waals surface area contributed by atoms with Crippen molar-refractivity contribution in [3.05, 3.63) is 35.4 Å². The second-order valence-electron chi connectivity index (χ2n) is 4.55. The van der Waals surface area contributed by atoms with E-state index in [2.05, 4.69) is 43.4 Å². The first kappa shape index (κ1) is 13.8. The van der Waals surface area contributed by atoms with Gasteiger partial charge in [0.15, 0.2) is 0 Å². The molecule has 0 aromatic heterocycles. The molecule has 0 aliphatic carbocycles. The predicted molar refractivity (Wildman–Crippen MR) is 72.0 cm³/mol. The van der Waals surface area contributed by atoms with Crippen LogP contribution in [0.15, 0.2) is 24.3 Å². The first-order valence-electron chi connectivity index (χ1n) is 6.52. The van der Waals surface area contributed by atoms with Crippen molar-refractivity contribution in [2.75, 3.05) is 0 Å². The zero-order valence-electron chi connectivity index (χ0n) is 11.1. The topological polar surface area (TPSA) is 29.1 Å². The van der Waals surface area contributed by atoms with Crippen LogP contribution >= 0.6 is 0 Å². The van der Waals surface area contributed by atoms with Crippen molar-refractivity contribution in [3.8, 4) is 0 Å². The molecule has 0 aliphatic rings. The van der Waals surface area contributed by atoms with Gasteiger partial charge < -0.3 is 5.32 Å². The quantitative estimate of drug-likeness (QED) is 0.803. The average molecular weight is 233 g/mol. The molecular formula is C15H23NO. The number of hydrogen-bond donors (Lipinski definition) is 1. The molecule has 2 nitrogen and oxygen atoms in total. The molecule has 0 radical (unpaired) electrons. The fourth-order valence-electron chi connectivity index (χ4n) is 1.65. The number of aryl methyl sites for hydroxylation is 2. The van der Waals surface area contributed by atoms with E-state index in [-0.39, 0.29) is 11.9 Å². The SMILES string of the molecule is CCc1ccc(CCC(=O)NC(C)CC)cc1. The van der Waals surface area contributed by atoms with Crippen LogP contribution in [0.4, 0.5) is 0 Å². The molecular weight excluding hydrogens is 210 g/mol. The highest BCUT2D eigenvalue weighted by Crippen LogP contribution is 2.07. The van der Waals surface area contributed by atoms with Gasteiger partial charge in [-0.1, -0.05) is 38.1 Å². The summed E-state index contributed by atoms with van der Waals surface area (Å²) >= 11 is 0. The van der Waals surface area contributed by atoms with E-state index in [1.807, 2.05) is 6.92 Å². The van der Waals surface area contributed by atoms with Crippen molar-refractivity contribution < 1.29 is 4.79 Å². The average Bonchev–Trinajstić information content (AvgIpc) is 2.36. The molecule has 2 heteroatoms. The fourth-order valence-corrected chi connectivity index (χ4v) is 1.65. The molecule has 17 heavy (non-hydrogen) atoms. The van der Waals surface area contributed by atoms with E-state index < -0.39 is 0 Å². The summed E-state index contributed by atoms with van der Waals surface area (Å²) < 4.78 is 0. The van der Waals surface area contributed by atoms with Crippen molar-refractivity contribution in [2.45, 2.75) is 52.5 Å². The van der Waals surface area contributed by atoms with E-state index in [0.29, 0.717) is 6.42 Å². The first-order valence-corrected chi connectivity index (χ1v) is 6.52. The number of amides is 1. The maximum absolute atomic E-state index is 11.6. The van der Waals surface area contributed by atoms with Gasteiger partial charge in [0, 0.05) is 12.5 Å². The fraction of sp³-hybridized carbons (Fsp3) is 0.533. The van der Waals surface area contributed by atoms with E-state index >= 15 is 0 Å². The predicted octanol–water partition coefficient (Wildman–Crippen LogP) is 3.10. The Kier molecular flexibility index (Phi) is 5.75. The highest BCUT2D eigenvalue weighted by Gasteiger charge is 2.05. The van der Waals surface area contributed by atoms with E-state index in [1.54, 1.807) is 0 Å². The minimum absolute atomic E-state index is 0.152. The Labute approximate surface area is 104 Å². The molecule has 1 N–H and O–H groups in total. The highest BCUT2D eigenvalue weighted by molar-refractivity contribution is 5.76. The lowest BCUT2D eigenvalue weighted by atomic mass is 10.1. The van der Waals surface area contributed by atoms with E-state index in [4.69, 9.17) is 0 Å². The monoisotopic (exact) mass is 233 g/mol. The number of nitrogens with one attached hydrogen (secondary N) is 1. The number of carbonyl (C=O) groups excluding carboxylic acids is 1. The standard InChI is InChI=1S/C15H23NO/c1-4-12(3)16-15(17)11-10-14-8-6-13(5-2)7-9-14/h6-9,12H,4-5,10-11H2,1-3H3,(H,16,17). The normalized spacial score (nSPS) is 12.2. The van der Waals surface area contributed by atoms with Gasteiger partial charge >= 0.3 is 0 Å². The van der Waals surface area contributed by atoms with Crippen LogP contribution < -0.4 is 5.32 Å². The van der Waals surface area contributed by atoms with Gasteiger partial charge in [-0.2, -0.15) is 0 Å². The number of hydrogen-bond acceptors (Lipinski definition) is 1. The van der Waals surface area contributed by atoms with Crippen LogP contribution in [0.3, 0.4) is 0 Å². The van der Waals surface area contributed by atoms with Crippen LogP contribution in [0, 0.1) is 0 Å². The molecule has 1 amide bonds. The summed E-state index contributed by atoms with van der Waals surface area (Å²) in [6.45, 7) is 6.26. The van der Waals surface area contributed by atoms with Gasteiger partial charge in [-0.15, -0.1) is 0 Å². The Morgan fingerprint density at radius 1 is 1.18 bits per heavy atom. The Balaban J connectivity index is 2.36. The van der Waals surface area contributed by atoms with E-state index in [1.165, 1.54) is 11.1 Å². The van der Waals surface area contributed by atoms with Crippen LogP contribution in [0.25, 0.3) is 0 Å². The van der Waals surface area contributed by atoms with Gasteiger partial charge in [0.05, 0.1) is 0 Å². The van der Waals surface area contributed by atoms with Crippen molar-refractivity contribution in [1.29, 1.82) is 0 Å². The molecule has 94 valence electrons. The third-order valence-corrected chi connectivity index (χ3v) is 3.09. The minimum Gasteiger partial charge on any atom is -0.354 e. The van der Waals surface area contributed by atoms with Gasteiger partial charge in [0.1, 0.15) is 0 Å². The van der Waals surface area contributed by atoms with Gasteiger partial charge in [-0.05, 0) is 37.3 Å². The molecule has 0 heterocycles. The summed E-state index contributed by atoms with van der Waals surface area (Å²) in [4.78, 5) is 11.6. The molecule has 1 atom stereocenters. The molecule has 1 rings (SSSR count). The minimum atomic E-state index is 0.152. The van der Waals surface area contributed by atoms with Gasteiger partial charge in [-0.25, -0.2) is 0 Å². The summed E-state index contributed by atoms with van der Waals surface area (Å²) in [5.41, 5.74) is 2.58. The smallest absolute Gasteiger partial charge is 0.220 e. The van der Waals surface area contributed by atoms with Gasteiger partial charge in [0.25, 0.3) is 0 Å². The van der Waals surface area contributed by atoms with Crippen LogP contribution in [0.5, 0.6) is 0 Å². The third kappa shape index (κ3) is 5.03. The first-order chi connectivity index (χ1) is 8.15. The van der Waals surface area contributed by atoms with E-state index in [0.717, 1.165) is 19.3 Å². The summed E-state index contributed by atoms with van der Waals surface area (Å²) in [5, 5.41) is 2.98. The summed E-state index contributed by atoms with van der Waals surface area (Å²) in [7, 11) is 0. The van der Waals surface area contributed by atoms with Crippen LogP contribution in [0.1, 0.15) is 44.7 Å². The second-order valence-corrected chi connectivity index (χ2v) is 4.55. The Hall–Kier alpha value is -1.31. The lowest BCUT2D eigenvalue weighted by Gasteiger charge is -2.11. The van der Waals surface area contributed by atoms with Gasteiger partial charge in [0.2, 0.25) is 5.91 Å². The molecule has 0 fully saturated rings. The van der Waals surface area contributed by atoms with Crippen LogP contribution in [0.2, 0.25) is 0 Å². The Bertz CT molecular complexity index is 342. The lowest BCUT2D eigenvalue weighted by molar-refractivity contribution is -0.121. The van der Waals surface area contributed by atoms with Crippen LogP contribution in [-0.4, -0.2) is 11.9 Å². The Morgan fingerprint density at radius 2 is 1.76 bits per heavy atom. The zero-order valence-corrected chi connectivity index (χ0v) is 11.1. The van der Waals surface area contributed by atoms with Crippen LogP contribution in [-0.2, 0) is 17.6 Å². The molecule has 1 unspecified atom stereocenters. The van der Waals surface area contributed by atoms with Crippen molar-refractivity contribution >= 4 is 5.91 Å². The second kappa shape index (κ2) is 7.10. The van der Waals surface area contributed by atoms with Crippen molar-refractivity contribution in [3.63, 3.8) is 0 Å². The lowest BCUT2D eigenvalue weighted by Crippen LogP contribution is -2.31. The maximum Gasteiger partial charge on any atom is 0.220 e. The largest absolute Gasteiger partial charge is 0.354 e. The third-order valence-electron chi connectivity index (χ3n) is 3.09. The summed E-state index contributed by atoms with van der Waals surface area (Å²) in [5.74, 6) is 0.152.